The van der Waals surface area contributed by atoms with Crippen molar-refractivity contribution in [2.75, 3.05) is 143 Å². The van der Waals surface area contributed by atoms with Gasteiger partial charge in [0.2, 0.25) is 5.91 Å². The number of ether oxygens (including phenoxy) is 5. The summed E-state index contributed by atoms with van der Waals surface area (Å²) >= 11 is 27.5. The number of hydrogen-bond acceptors (Lipinski definition) is 24. The normalized spacial score (nSPS) is 18.1. The summed E-state index contributed by atoms with van der Waals surface area (Å²) in [6, 6.07) is 9.07. The van der Waals surface area contributed by atoms with Gasteiger partial charge in [-0.3, -0.25) is 67.8 Å². The summed E-state index contributed by atoms with van der Waals surface area (Å²) in [5.41, 5.74) is 0.645. The third kappa shape index (κ3) is 20.6. The fourth-order valence-corrected chi connectivity index (χ4v) is 16.8. The van der Waals surface area contributed by atoms with Gasteiger partial charge in [-0.2, -0.15) is 0 Å². The van der Waals surface area contributed by atoms with E-state index >= 15 is 0 Å². The summed E-state index contributed by atoms with van der Waals surface area (Å²) in [6.07, 6.45) is 7.43. The lowest BCUT2D eigenvalue weighted by molar-refractivity contribution is -0.129. The number of carbonyl (C=O) groups is 9. The first-order valence-corrected chi connectivity index (χ1v) is 38.3. The van der Waals surface area contributed by atoms with E-state index in [1.165, 1.54) is 95.1 Å². The quantitative estimate of drug-likeness (QED) is 0.0404. The molecule has 0 aromatic heterocycles. The summed E-state index contributed by atoms with van der Waals surface area (Å²) < 4.78 is 30.5. The zero-order valence-electron chi connectivity index (χ0n) is 56.9. The predicted molar refractivity (Wildman–Crippen MR) is 405 cm³/mol. The van der Waals surface area contributed by atoms with Gasteiger partial charge in [-0.15, -0.1) is 0 Å². The highest BCUT2D eigenvalue weighted by Gasteiger charge is 2.39. The van der Waals surface area contributed by atoms with Crippen LogP contribution in [0, 0.1) is 5.92 Å². The van der Waals surface area contributed by atoms with Crippen LogP contribution >= 0.6 is 95.9 Å². The van der Waals surface area contributed by atoms with Crippen LogP contribution in [-0.2, 0) is 33.4 Å². The van der Waals surface area contributed by atoms with Crippen LogP contribution in [0.1, 0.15) is 94.3 Å². The van der Waals surface area contributed by atoms with Crippen LogP contribution in [0.25, 0.3) is 0 Å². The number of allylic oxidation sites excluding steroid dienone is 3. The molecule has 2 aromatic rings. The molecule has 33 heteroatoms. The molecular formula is C67H85N11O14S8. The Kier molecular flexibility index (Phi) is 30.2. The molecule has 0 spiro atoms. The number of nitrogens with one attached hydrogen (secondary N) is 5. The van der Waals surface area contributed by atoms with E-state index in [0.29, 0.717) is 98.6 Å². The summed E-state index contributed by atoms with van der Waals surface area (Å²) in [5.74, 6) is -1.42. The Morgan fingerprint density at radius 2 is 1.06 bits per heavy atom. The van der Waals surface area contributed by atoms with E-state index in [1.54, 1.807) is 81.5 Å². The van der Waals surface area contributed by atoms with E-state index < -0.39 is 65.2 Å². The number of carbonyl (C=O) groups excluding carboxylic acids is 9. The second-order valence-corrected chi connectivity index (χ2v) is 31.3. The molecule has 4 heterocycles. The number of hydrogen-bond donors (Lipinski definition) is 5. The van der Waals surface area contributed by atoms with Crippen molar-refractivity contribution in [3.05, 3.63) is 105 Å². The van der Waals surface area contributed by atoms with Crippen LogP contribution in [0.5, 0.6) is 11.5 Å². The van der Waals surface area contributed by atoms with Crippen molar-refractivity contribution in [2.24, 2.45) is 5.92 Å². The van der Waals surface area contributed by atoms with E-state index in [4.69, 9.17) is 72.6 Å². The van der Waals surface area contributed by atoms with Gasteiger partial charge in [0.05, 0.1) is 60.6 Å². The molecule has 8 rings (SSSR count). The third-order valence-electron chi connectivity index (χ3n) is 16.8. The topological polar surface area (TPSA) is 279 Å². The number of amides is 9. The van der Waals surface area contributed by atoms with Crippen molar-refractivity contribution < 1.29 is 66.8 Å². The van der Waals surface area contributed by atoms with Crippen molar-refractivity contribution in [3.63, 3.8) is 0 Å². The maximum atomic E-state index is 14.5. The standard InChI is InChI=1S/C67H85N11O14S8/c1-67(2,3)92-62(87)72-23-9-8-14-41(74(30-26-70-56(81)44-17-12-21-48(52(44)90-6)60(85)77-34-38-99-65(77)95)31-27-71-57(82)45-18-13-22-49(53(45)91-7)61(86)78-35-39-100-66(78)96)40-73(28-24-68-54(79)42-15-10-19-46(50(42)88-4)58(83)75-32-36-97-63(75)93)29-25-69-55(80)43-16-11-20-47(51(43)89-5)59(84)76-33-37-98-64(76)94/h10,12-13,15,17-22,41,44,52H,8-9,11,14,16,23-40H2,1-7H3,(H,68,79)(H,69,80)(H,70,81)(H,71,82)(H,72,87). The van der Waals surface area contributed by atoms with Crippen molar-refractivity contribution in [1.82, 2.24) is 56.0 Å². The maximum absolute atomic E-state index is 14.5. The molecule has 4 saturated heterocycles. The van der Waals surface area contributed by atoms with Crippen LogP contribution in [-0.4, -0.2) is 261 Å². The zero-order chi connectivity index (χ0) is 72.2. The smallest absolute Gasteiger partial charge is 0.407 e. The molecule has 2 aliphatic carbocycles. The Labute approximate surface area is 621 Å². The summed E-state index contributed by atoms with van der Waals surface area (Å²) in [7, 11) is 5.62. The van der Waals surface area contributed by atoms with Crippen LogP contribution in [0.3, 0.4) is 0 Å². The number of unbranched alkanes of at least 4 members (excludes halogenated alkanes) is 1. The zero-order valence-corrected chi connectivity index (χ0v) is 63.5. The molecule has 4 fully saturated rings. The number of nitrogens with zero attached hydrogens (tertiary/aromatic N) is 6. The van der Waals surface area contributed by atoms with Crippen molar-refractivity contribution in [3.8, 4) is 11.5 Å². The van der Waals surface area contributed by atoms with Crippen LogP contribution < -0.4 is 36.1 Å². The first-order chi connectivity index (χ1) is 48.0. The number of benzene rings is 2. The number of thioether (sulfide) groups is 4. The number of rotatable bonds is 32. The second kappa shape index (κ2) is 38.1. The fraction of sp³-hybridized carbons (Fsp3) is 0.507. The number of thiocarbonyl (C=S) groups is 4. The maximum Gasteiger partial charge on any atom is 0.407 e. The lowest BCUT2D eigenvalue weighted by Gasteiger charge is -2.36. The van der Waals surface area contributed by atoms with Crippen molar-refractivity contribution in [1.29, 1.82) is 0 Å². The number of para-hydroxylation sites is 2. The van der Waals surface area contributed by atoms with E-state index in [1.807, 2.05) is 0 Å². The van der Waals surface area contributed by atoms with Gasteiger partial charge in [0.15, 0.2) is 0 Å². The van der Waals surface area contributed by atoms with E-state index in [0.717, 1.165) is 0 Å². The monoisotopic (exact) mass is 1520 g/mol. The summed E-state index contributed by atoms with van der Waals surface area (Å²) in [6.45, 7) is 8.50. The van der Waals surface area contributed by atoms with Gasteiger partial charge in [-0.05, 0) is 70.7 Å². The molecular weight excluding hydrogens is 1440 g/mol. The Bertz CT molecular complexity index is 3620. The molecule has 0 bridgehead atoms. The van der Waals surface area contributed by atoms with Gasteiger partial charge >= 0.3 is 6.09 Å². The molecule has 6 aliphatic rings. The van der Waals surface area contributed by atoms with Gasteiger partial charge in [0, 0.05) is 133 Å². The van der Waals surface area contributed by atoms with Gasteiger partial charge in [-0.25, -0.2) is 4.79 Å². The molecule has 100 heavy (non-hydrogen) atoms. The minimum absolute atomic E-state index is 0.0395. The summed E-state index contributed by atoms with van der Waals surface area (Å²) in [5, 5.41) is 15.1. The molecule has 25 nitrogen and oxygen atoms in total. The van der Waals surface area contributed by atoms with Gasteiger partial charge in [0.25, 0.3) is 41.4 Å². The Morgan fingerprint density at radius 1 is 0.580 bits per heavy atom. The highest BCUT2D eigenvalue weighted by molar-refractivity contribution is 8.24. The summed E-state index contributed by atoms with van der Waals surface area (Å²) in [4.78, 5) is 136. The molecule has 3 atom stereocenters. The highest BCUT2D eigenvalue weighted by Crippen LogP contribution is 2.34. The first-order valence-electron chi connectivity index (χ1n) is 32.7. The Morgan fingerprint density at radius 3 is 1.54 bits per heavy atom. The minimum atomic E-state index is -0.935. The molecule has 0 saturated carbocycles. The lowest BCUT2D eigenvalue weighted by Crippen LogP contribution is -2.52. The molecule has 5 N–H and O–H groups in total. The van der Waals surface area contributed by atoms with Crippen LogP contribution in [0.4, 0.5) is 4.79 Å². The van der Waals surface area contributed by atoms with E-state index in [2.05, 4.69) is 36.4 Å². The molecule has 0 radical (unpaired) electrons. The second-order valence-electron chi connectivity index (χ2n) is 24.4. The van der Waals surface area contributed by atoms with Gasteiger partial charge in [-0.1, -0.05) is 139 Å². The van der Waals surface area contributed by atoms with E-state index in [-0.39, 0.29) is 133 Å². The fourth-order valence-electron chi connectivity index (χ4n) is 12.0. The number of methoxy groups -OCH3 is 4. The Balaban J connectivity index is 1.09. The highest BCUT2D eigenvalue weighted by atomic mass is 32.2. The lowest BCUT2D eigenvalue weighted by atomic mass is 9.89. The molecule has 4 aliphatic heterocycles. The third-order valence-corrected chi connectivity index (χ3v) is 22.6. The SMILES string of the molecule is COC1=C(C(=O)NCCN(CCNC(=O)c2cccc(C(=O)N3CCSC3=S)c2OC)CC(CCCCNC(=O)OC(C)(C)C)N(CCNC(=O)c2cccc(C(=O)N3CCSC3=S)c2OC)CCNC(=O)C2C=CC=C(C(=O)N3CCSC3=S)C2OC)CCC=C1C(=O)N1CCSC1=S. The first kappa shape index (κ1) is 79.2. The average Bonchev–Trinajstić information content (AvgIpc) is 1.40. The van der Waals surface area contributed by atoms with Crippen LogP contribution in [0.15, 0.2) is 83.2 Å². The minimum Gasteiger partial charge on any atom is -0.495 e. The average molecular weight is 1530 g/mol. The number of alkyl carbamates (subject to hydrolysis) is 1. The van der Waals surface area contributed by atoms with E-state index in [9.17, 15) is 43.2 Å². The molecule has 2 aromatic carbocycles. The van der Waals surface area contributed by atoms with Gasteiger partial charge < -0.3 is 50.3 Å². The Hall–Kier alpha value is -6.53. The van der Waals surface area contributed by atoms with Crippen LogP contribution in [0.2, 0.25) is 0 Å². The van der Waals surface area contributed by atoms with Gasteiger partial charge in [0.1, 0.15) is 46.2 Å². The molecule has 9 amide bonds. The van der Waals surface area contributed by atoms with Crippen molar-refractivity contribution in [2.45, 2.75) is 70.6 Å². The predicted octanol–water partition coefficient (Wildman–Crippen LogP) is 6.18. The molecule has 3 unspecified atom stereocenters. The van der Waals surface area contributed by atoms with Crippen molar-refractivity contribution >= 4 is 167 Å². The molecule has 540 valence electrons. The largest absolute Gasteiger partial charge is 0.495 e.